The molecule has 0 spiro atoms. The van der Waals surface area contributed by atoms with Crippen LogP contribution in [0.3, 0.4) is 0 Å². The minimum absolute atomic E-state index is 0.0313. The molecule has 1 unspecified atom stereocenters. The van der Waals surface area contributed by atoms with Gasteiger partial charge in [0.15, 0.2) is 0 Å². The van der Waals surface area contributed by atoms with Crippen LogP contribution in [-0.2, 0) is 19.2 Å². The number of carbonyl (C=O) groups excluding carboxylic acids is 3. The second kappa shape index (κ2) is 12.1. The molecule has 1 aromatic rings. The third kappa shape index (κ3) is 7.25. The second-order valence-electron chi connectivity index (χ2n) is 8.68. The van der Waals surface area contributed by atoms with Gasteiger partial charge in [-0.05, 0) is 42.9 Å². The minimum atomic E-state index is -1.19. The summed E-state index contributed by atoms with van der Waals surface area (Å²) in [5, 5.41) is 25.5. The monoisotopic (exact) mass is 481 g/mol. The van der Waals surface area contributed by atoms with Gasteiger partial charge < -0.3 is 25.2 Å². The summed E-state index contributed by atoms with van der Waals surface area (Å²) in [7, 11) is 0. The van der Waals surface area contributed by atoms with E-state index in [4.69, 9.17) is 16.7 Å². The summed E-state index contributed by atoms with van der Waals surface area (Å²) in [5.41, 5.74) is 1.30. The smallest absolute Gasteiger partial charge is 0.305 e. The van der Waals surface area contributed by atoms with Crippen LogP contribution in [0.25, 0.3) is 0 Å². The number of carboxylic acids is 1. The van der Waals surface area contributed by atoms with Gasteiger partial charge in [-0.3, -0.25) is 19.7 Å². The highest BCUT2D eigenvalue weighted by Crippen LogP contribution is 2.26. The first kappa shape index (κ1) is 26.8. The van der Waals surface area contributed by atoms with Crippen LogP contribution < -0.4 is 10.6 Å². The van der Waals surface area contributed by atoms with Crippen LogP contribution in [0.2, 0.25) is 5.02 Å². The van der Waals surface area contributed by atoms with E-state index in [1.54, 1.807) is 30.0 Å². The number of aliphatic hydroxyl groups excluding tert-OH is 1. The van der Waals surface area contributed by atoms with E-state index in [9.17, 15) is 24.3 Å². The number of aldehydes is 1. The van der Waals surface area contributed by atoms with Crippen molar-refractivity contribution in [3.8, 4) is 0 Å². The number of nitrogens with zero attached hydrogens (tertiary/aromatic N) is 1. The Morgan fingerprint density at radius 2 is 2.00 bits per heavy atom. The summed E-state index contributed by atoms with van der Waals surface area (Å²) in [4.78, 5) is 49.2. The predicted molar refractivity (Wildman–Crippen MR) is 123 cm³/mol. The number of carboxylic acid groups (broad SMARTS) is 1. The van der Waals surface area contributed by atoms with Gasteiger partial charge in [0.2, 0.25) is 11.8 Å². The van der Waals surface area contributed by atoms with E-state index >= 15 is 0 Å². The molecular formula is C23H32ClN3O6. The number of hydrogen-bond donors (Lipinski definition) is 4. The zero-order valence-corrected chi connectivity index (χ0v) is 19.8. The van der Waals surface area contributed by atoms with Crippen molar-refractivity contribution in [2.45, 2.75) is 70.8 Å². The van der Waals surface area contributed by atoms with E-state index in [-0.39, 0.29) is 24.3 Å². The Kier molecular flexibility index (Phi) is 9.82. The largest absolute Gasteiger partial charge is 0.481 e. The van der Waals surface area contributed by atoms with Gasteiger partial charge in [0, 0.05) is 24.0 Å². The van der Waals surface area contributed by atoms with Crippen LogP contribution in [0.1, 0.15) is 56.9 Å². The molecule has 2 amide bonds. The quantitative estimate of drug-likeness (QED) is 0.279. The normalized spacial score (nSPS) is 18.6. The van der Waals surface area contributed by atoms with E-state index in [1.165, 1.54) is 0 Å². The average Bonchev–Trinajstić information content (AvgIpc) is 3.20. The molecule has 0 saturated carbocycles. The zero-order valence-electron chi connectivity index (χ0n) is 19.1. The fourth-order valence-electron chi connectivity index (χ4n) is 4.05. The maximum atomic E-state index is 13.4. The Bertz CT molecular complexity index is 878. The van der Waals surface area contributed by atoms with Gasteiger partial charge in [-0.15, -0.1) is 0 Å². The first-order chi connectivity index (χ1) is 15.5. The van der Waals surface area contributed by atoms with Crippen LogP contribution in [0.15, 0.2) is 18.2 Å². The highest BCUT2D eigenvalue weighted by atomic mass is 35.5. The molecule has 9 nitrogen and oxygen atoms in total. The molecule has 1 aliphatic rings. The van der Waals surface area contributed by atoms with E-state index < -0.39 is 36.6 Å². The van der Waals surface area contributed by atoms with Gasteiger partial charge in [0.05, 0.1) is 18.5 Å². The SMILES string of the molecule is Cc1c(Cl)cccc1C(O)N[C@H](C(=O)N1CCC[C@H]1CC(=O)N[C@H](C=O)CC(=O)O)C(C)C. The number of hydrogen-bond acceptors (Lipinski definition) is 6. The molecule has 1 fully saturated rings. The summed E-state index contributed by atoms with van der Waals surface area (Å²) in [5.74, 6) is -2.04. The maximum absolute atomic E-state index is 13.4. The number of benzene rings is 1. The predicted octanol–water partition coefficient (Wildman–Crippen LogP) is 1.79. The third-order valence-corrected chi connectivity index (χ3v) is 6.27. The Morgan fingerprint density at radius 1 is 1.30 bits per heavy atom. The molecular weight excluding hydrogens is 450 g/mol. The van der Waals surface area contributed by atoms with Crippen molar-refractivity contribution in [1.29, 1.82) is 0 Å². The van der Waals surface area contributed by atoms with Gasteiger partial charge >= 0.3 is 5.97 Å². The van der Waals surface area contributed by atoms with Crippen molar-refractivity contribution < 1.29 is 29.4 Å². The summed E-state index contributed by atoms with van der Waals surface area (Å²) >= 11 is 6.16. The fourth-order valence-corrected chi connectivity index (χ4v) is 4.23. The van der Waals surface area contributed by atoms with Crippen molar-refractivity contribution in [2.24, 2.45) is 5.92 Å². The molecule has 182 valence electrons. The topological polar surface area (TPSA) is 136 Å². The molecule has 4 N–H and O–H groups in total. The van der Waals surface area contributed by atoms with Gasteiger partial charge in [0.1, 0.15) is 12.5 Å². The zero-order chi connectivity index (χ0) is 24.7. The Hall–Kier alpha value is -2.49. The molecule has 2 rings (SSSR count). The molecule has 0 bridgehead atoms. The highest BCUT2D eigenvalue weighted by Gasteiger charge is 2.36. The molecule has 33 heavy (non-hydrogen) atoms. The second-order valence-corrected chi connectivity index (χ2v) is 9.09. The Labute approximate surface area is 198 Å². The van der Waals surface area contributed by atoms with Crippen molar-refractivity contribution in [1.82, 2.24) is 15.5 Å². The lowest BCUT2D eigenvalue weighted by atomic mass is 10.00. The highest BCUT2D eigenvalue weighted by molar-refractivity contribution is 6.31. The summed E-state index contributed by atoms with van der Waals surface area (Å²) < 4.78 is 0. The number of aliphatic carboxylic acids is 1. The third-order valence-electron chi connectivity index (χ3n) is 5.86. The number of likely N-dealkylation sites (tertiary alicyclic amines) is 1. The van der Waals surface area contributed by atoms with Crippen molar-refractivity contribution in [2.75, 3.05) is 6.54 Å². The molecule has 1 aromatic carbocycles. The van der Waals surface area contributed by atoms with Crippen LogP contribution in [0, 0.1) is 12.8 Å². The number of rotatable bonds is 11. The van der Waals surface area contributed by atoms with Gasteiger partial charge in [-0.1, -0.05) is 37.6 Å². The van der Waals surface area contributed by atoms with Crippen LogP contribution in [-0.4, -0.2) is 63.9 Å². The molecule has 0 radical (unpaired) electrons. The number of amides is 2. The van der Waals surface area contributed by atoms with Gasteiger partial charge in [-0.2, -0.15) is 0 Å². The van der Waals surface area contributed by atoms with Gasteiger partial charge in [-0.25, -0.2) is 0 Å². The lowest BCUT2D eigenvalue weighted by Crippen LogP contribution is -2.52. The van der Waals surface area contributed by atoms with Crippen LogP contribution >= 0.6 is 11.6 Å². The Morgan fingerprint density at radius 3 is 2.61 bits per heavy atom. The molecule has 4 atom stereocenters. The van der Waals surface area contributed by atoms with Crippen molar-refractivity contribution >= 4 is 35.7 Å². The Balaban J connectivity index is 2.08. The van der Waals surface area contributed by atoms with E-state index in [0.29, 0.717) is 29.8 Å². The molecule has 1 aliphatic heterocycles. The molecule has 0 aliphatic carbocycles. The molecule has 1 heterocycles. The number of aliphatic hydroxyl groups is 1. The lowest BCUT2D eigenvalue weighted by Gasteiger charge is -2.32. The standard InChI is InChI=1S/C23H32ClN3O6/c1-13(2)21(26-22(32)17-7-4-8-18(24)14(17)3)23(33)27-9-5-6-16(27)11-19(29)25-15(12-28)10-20(30)31/h4,7-8,12-13,15-16,21-22,26,32H,5-6,9-11H2,1-3H3,(H,25,29)(H,30,31)/t15-,16-,21-,22?/m0/s1. The van der Waals surface area contributed by atoms with Crippen molar-refractivity contribution in [3.63, 3.8) is 0 Å². The summed E-state index contributed by atoms with van der Waals surface area (Å²) in [6, 6.07) is 3.02. The minimum Gasteiger partial charge on any atom is -0.481 e. The molecule has 10 heteroatoms. The fraction of sp³-hybridized carbons (Fsp3) is 0.565. The van der Waals surface area contributed by atoms with E-state index in [2.05, 4.69) is 10.6 Å². The number of halogens is 1. The van der Waals surface area contributed by atoms with Crippen molar-refractivity contribution in [3.05, 3.63) is 34.3 Å². The maximum Gasteiger partial charge on any atom is 0.305 e. The molecule has 0 aromatic heterocycles. The number of carbonyl (C=O) groups is 4. The first-order valence-corrected chi connectivity index (χ1v) is 11.4. The van der Waals surface area contributed by atoms with Crippen LogP contribution in [0.5, 0.6) is 0 Å². The summed E-state index contributed by atoms with van der Waals surface area (Å²) in [6.45, 7) is 6.00. The lowest BCUT2D eigenvalue weighted by molar-refractivity contribution is -0.138. The van der Waals surface area contributed by atoms with E-state index in [1.807, 2.05) is 13.8 Å². The van der Waals surface area contributed by atoms with Crippen LogP contribution in [0.4, 0.5) is 0 Å². The molecule has 1 saturated heterocycles. The first-order valence-electron chi connectivity index (χ1n) is 11.0. The average molecular weight is 482 g/mol. The summed E-state index contributed by atoms with van der Waals surface area (Å²) in [6.07, 6.45) is 0.0934. The number of nitrogens with one attached hydrogen (secondary N) is 2. The van der Waals surface area contributed by atoms with E-state index in [0.717, 1.165) is 12.0 Å². The van der Waals surface area contributed by atoms with Gasteiger partial charge in [0.25, 0.3) is 0 Å².